The molecule has 0 unspecified atom stereocenters. The Morgan fingerprint density at radius 1 is 0.339 bits per heavy atom. The maximum atomic E-state index is 2.43. The lowest BCUT2D eigenvalue weighted by Crippen LogP contribution is -1.98. The molecule has 0 fully saturated rings. The van der Waals surface area contributed by atoms with Crippen LogP contribution < -0.4 is 0 Å². The topological polar surface area (TPSA) is 9.86 Å². The van der Waals surface area contributed by atoms with Crippen molar-refractivity contribution in [1.82, 2.24) is 9.13 Å². The van der Waals surface area contributed by atoms with Gasteiger partial charge in [0.15, 0.2) is 0 Å². The van der Waals surface area contributed by atoms with Crippen LogP contribution in [0.25, 0.3) is 100 Å². The Labute approximate surface area is 362 Å². The van der Waals surface area contributed by atoms with Crippen molar-refractivity contribution >= 4 is 44.4 Å². The summed E-state index contributed by atoms with van der Waals surface area (Å²) in [6, 6.07) is 81.5. The lowest BCUT2D eigenvalue weighted by molar-refractivity contribution is 1.05. The molecule has 0 amide bonds. The van der Waals surface area contributed by atoms with Crippen molar-refractivity contribution in [3.63, 3.8) is 0 Å². The first-order chi connectivity index (χ1) is 30.6. The fourth-order valence-electron chi connectivity index (χ4n) is 9.34. The Hall–Kier alpha value is -7.94. The zero-order chi connectivity index (χ0) is 41.6. The summed E-state index contributed by atoms with van der Waals surface area (Å²) in [6.07, 6.45) is 2.36. The van der Waals surface area contributed by atoms with Gasteiger partial charge in [0.2, 0.25) is 0 Å². The summed E-state index contributed by atoms with van der Waals surface area (Å²) in [4.78, 5) is 0. The van der Waals surface area contributed by atoms with E-state index in [0.29, 0.717) is 0 Å². The van der Waals surface area contributed by atoms with E-state index in [-0.39, 0.29) is 0 Å². The van der Waals surface area contributed by atoms with E-state index in [1.165, 1.54) is 99.6 Å². The molecule has 2 heteroatoms. The largest absolute Gasteiger partial charge is 0.313 e. The highest BCUT2D eigenvalue weighted by Gasteiger charge is 2.18. The minimum absolute atomic E-state index is 1.13. The zero-order valence-electron chi connectivity index (χ0n) is 34.8. The quantitative estimate of drug-likeness (QED) is 0.145. The molecule has 294 valence electrons. The van der Waals surface area contributed by atoms with Gasteiger partial charge in [-0.25, -0.2) is 0 Å². The van der Waals surface area contributed by atoms with Gasteiger partial charge in [-0.3, -0.25) is 0 Å². The summed E-state index contributed by atoms with van der Waals surface area (Å²) in [7, 11) is 0. The normalized spacial score (nSPS) is 11.8. The van der Waals surface area contributed by atoms with Crippen LogP contribution in [0.3, 0.4) is 0 Å². The Balaban J connectivity index is 1.05. The van der Waals surface area contributed by atoms with Crippen LogP contribution in [0, 0.1) is 6.92 Å². The first-order valence-electron chi connectivity index (χ1n) is 21.4. The van der Waals surface area contributed by atoms with Gasteiger partial charge in [0.25, 0.3) is 0 Å². The van der Waals surface area contributed by atoms with E-state index < -0.39 is 0 Å². The maximum Gasteiger partial charge on any atom is 0.0541 e. The van der Waals surface area contributed by atoms with Crippen molar-refractivity contribution < 1.29 is 0 Å². The minimum atomic E-state index is 1.13. The number of allylic oxidation sites excluding steroid dienone is 1. The number of aromatic nitrogens is 2. The van der Waals surface area contributed by atoms with Gasteiger partial charge in [0.1, 0.15) is 0 Å². The van der Waals surface area contributed by atoms with Crippen LogP contribution >= 0.6 is 0 Å². The van der Waals surface area contributed by atoms with Crippen molar-refractivity contribution in [3.05, 3.63) is 241 Å². The first kappa shape index (κ1) is 37.1. The molecule has 0 bridgehead atoms. The molecule has 2 nitrogen and oxygen atoms in total. The fraction of sp³-hybridized carbons (Fsp3) is 0.0333. The SMILES string of the molecule is CC(=Cc1c(C)n(-c2cccc(-c3cccc(-n4c5ccc(-c6ccccc6)cc5c5cc(-c6ccccc6)ccc54)c3)c2)c2ccc(-c3ccccc3)cc12)c1ccccc1. The van der Waals surface area contributed by atoms with E-state index in [2.05, 4.69) is 254 Å². The second-order valence-electron chi connectivity index (χ2n) is 16.3. The van der Waals surface area contributed by atoms with Gasteiger partial charge in [-0.05, 0) is 136 Å². The Morgan fingerprint density at radius 3 is 1.18 bits per heavy atom. The van der Waals surface area contributed by atoms with E-state index >= 15 is 0 Å². The van der Waals surface area contributed by atoms with Gasteiger partial charge in [0, 0.05) is 38.8 Å². The third-order valence-corrected chi connectivity index (χ3v) is 12.5. The summed E-state index contributed by atoms with van der Waals surface area (Å²) in [5.74, 6) is 0. The van der Waals surface area contributed by atoms with Crippen LogP contribution in [0.15, 0.2) is 224 Å². The molecule has 62 heavy (non-hydrogen) atoms. The van der Waals surface area contributed by atoms with Gasteiger partial charge in [0.05, 0.1) is 16.6 Å². The van der Waals surface area contributed by atoms with Gasteiger partial charge in [-0.15, -0.1) is 0 Å². The molecule has 0 saturated carbocycles. The minimum Gasteiger partial charge on any atom is -0.313 e. The molecule has 0 aliphatic rings. The van der Waals surface area contributed by atoms with E-state index in [9.17, 15) is 0 Å². The predicted molar refractivity (Wildman–Crippen MR) is 264 cm³/mol. The molecule has 0 saturated heterocycles. The van der Waals surface area contributed by atoms with Crippen LogP contribution in [0.1, 0.15) is 23.7 Å². The number of hydrogen-bond acceptors (Lipinski definition) is 0. The molecule has 2 aromatic heterocycles. The van der Waals surface area contributed by atoms with E-state index in [1.54, 1.807) is 0 Å². The van der Waals surface area contributed by atoms with Crippen LogP contribution in [0.4, 0.5) is 0 Å². The van der Waals surface area contributed by atoms with Gasteiger partial charge < -0.3 is 9.13 Å². The molecular formula is C60H44N2. The molecule has 0 atom stereocenters. The van der Waals surface area contributed by atoms with Gasteiger partial charge in [-0.2, -0.15) is 0 Å². The maximum absolute atomic E-state index is 2.43. The van der Waals surface area contributed by atoms with E-state index in [4.69, 9.17) is 0 Å². The zero-order valence-corrected chi connectivity index (χ0v) is 34.8. The van der Waals surface area contributed by atoms with E-state index in [0.717, 1.165) is 11.4 Å². The second-order valence-corrected chi connectivity index (χ2v) is 16.3. The Kier molecular flexibility index (Phi) is 9.32. The highest BCUT2D eigenvalue weighted by atomic mass is 15.0. The summed E-state index contributed by atoms with van der Waals surface area (Å²) >= 11 is 0. The lowest BCUT2D eigenvalue weighted by atomic mass is 9.99. The molecule has 9 aromatic carbocycles. The number of hydrogen-bond donors (Lipinski definition) is 0. The number of benzene rings is 9. The third kappa shape index (κ3) is 6.63. The highest BCUT2D eigenvalue weighted by molar-refractivity contribution is 6.12. The fourth-order valence-corrected chi connectivity index (χ4v) is 9.34. The molecule has 0 aliphatic heterocycles. The predicted octanol–water partition coefficient (Wildman–Crippen LogP) is 16.3. The average molecular weight is 793 g/mol. The van der Waals surface area contributed by atoms with Gasteiger partial charge in [-0.1, -0.05) is 164 Å². The van der Waals surface area contributed by atoms with Crippen molar-refractivity contribution in [2.24, 2.45) is 0 Å². The summed E-state index contributed by atoms with van der Waals surface area (Å²) in [5.41, 5.74) is 20.4. The molecule has 2 heterocycles. The molecule has 0 N–H and O–H groups in total. The molecule has 0 aliphatic carbocycles. The van der Waals surface area contributed by atoms with Gasteiger partial charge >= 0.3 is 0 Å². The van der Waals surface area contributed by atoms with Crippen LogP contribution in [-0.4, -0.2) is 9.13 Å². The van der Waals surface area contributed by atoms with Crippen LogP contribution in [0.2, 0.25) is 0 Å². The molecule has 11 rings (SSSR count). The summed E-state index contributed by atoms with van der Waals surface area (Å²) in [5, 5.41) is 3.72. The highest BCUT2D eigenvalue weighted by Crippen LogP contribution is 2.39. The molecular weight excluding hydrogens is 749 g/mol. The molecule has 11 aromatic rings. The molecule has 0 spiro atoms. The van der Waals surface area contributed by atoms with Crippen molar-refractivity contribution in [2.45, 2.75) is 13.8 Å². The summed E-state index contributed by atoms with van der Waals surface area (Å²) in [6.45, 7) is 4.47. The second kappa shape index (κ2) is 15.6. The standard InChI is InChI=1S/C60H44N2/c1-41(43-17-7-3-8-18-43)35-54-42(2)61(58-32-29-49(38-55(54)58)44-19-9-4-10-20-44)52-27-15-25-47(36-52)48-26-16-28-53(37-48)62-59-33-30-50(45-21-11-5-12-22-45)39-56(59)57-40-51(31-34-60(57)62)46-23-13-6-14-24-46/h3-40H,1-2H3. The first-order valence-corrected chi connectivity index (χ1v) is 21.4. The smallest absolute Gasteiger partial charge is 0.0541 e. The van der Waals surface area contributed by atoms with Crippen LogP contribution in [-0.2, 0) is 0 Å². The lowest BCUT2D eigenvalue weighted by Gasteiger charge is -2.13. The molecule has 0 radical (unpaired) electrons. The summed E-state index contributed by atoms with van der Waals surface area (Å²) < 4.78 is 4.87. The Bertz CT molecular complexity index is 3350. The monoisotopic (exact) mass is 792 g/mol. The van der Waals surface area contributed by atoms with Crippen molar-refractivity contribution in [2.75, 3.05) is 0 Å². The third-order valence-electron chi connectivity index (χ3n) is 12.5. The average Bonchev–Trinajstić information content (AvgIpc) is 3.82. The van der Waals surface area contributed by atoms with E-state index in [1.807, 2.05) is 0 Å². The number of rotatable bonds is 8. The van der Waals surface area contributed by atoms with Crippen molar-refractivity contribution in [1.29, 1.82) is 0 Å². The Morgan fingerprint density at radius 2 is 0.710 bits per heavy atom. The number of fused-ring (bicyclic) bond motifs is 4. The van der Waals surface area contributed by atoms with Crippen LogP contribution in [0.5, 0.6) is 0 Å². The number of nitrogens with zero attached hydrogens (tertiary/aromatic N) is 2. The van der Waals surface area contributed by atoms with Crippen molar-refractivity contribution in [3.8, 4) is 55.9 Å².